The highest BCUT2D eigenvalue weighted by Gasteiger charge is 2.28. The van der Waals surface area contributed by atoms with Gasteiger partial charge >= 0.3 is 5.97 Å². The predicted octanol–water partition coefficient (Wildman–Crippen LogP) is 4.60. The van der Waals surface area contributed by atoms with Crippen LogP contribution in [-0.2, 0) is 22.6 Å². The van der Waals surface area contributed by atoms with Gasteiger partial charge in [0, 0.05) is 10.6 Å². The summed E-state index contributed by atoms with van der Waals surface area (Å²) in [6, 6.07) is 15.0. The molecule has 0 radical (unpaired) electrons. The molecule has 0 N–H and O–H groups in total. The number of carbonyl (C=O) groups excluding carboxylic acids is 1. The Kier molecular flexibility index (Phi) is 4.86. The third-order valence-corrected chi connectivity index (χ3v) is 4.76. The summed E-state index contributed by atoms with van der Waals surface area (Å²) in [5, 5.41) is 0.623. The van der Waals surface area contributed by atoms with E-state index in [-0.39, 0.29) is 18.5 Å². The van der Waals surface area contributed by atoms with Gasteiger partial charge < -0.3 is 13.9 Å². The van der Waals surface area contributed by atoms with Gasteiger partial charge in [-0.2, -0.15) is 0 Å². The molecule has 5 nitrogen and oxygen atoms in total. The highest BCUT2D eigenvalue weighted by Crippen LogP contribution is 2.30. The van der Waals surface area contributed by atoms with Crippen LogP contribution in [0, 0.1) is 12.8 Å². The predicted molar refractivity (Wildman–Crippen MR) is 101 cm³/mol. The smallest absolute Gasteiger partial charge is 0.313 e. The van der Waals surface area contributed by atoms with Gasteiger partial charge in [-0.25, -0.2) is 4.98 Å². The first-order chi connectivity index (χ1) is 13.1. The number of aromatic nitrogens is 1. The van der Waals surface area contributed by atoms with Gasteiger partial charge in [0.05, 0.1) is 5.92 Å². The summed E-state index contributed by atoms with van der Waals surface area (Å²) in [4.78, 5) is 16.9. The van der Waals surface area contributed by atoms with Gasteiger partial charge in [-0.05, 0) is 49.2 Å². The monoisotopic (exact) mass is 383 g/mol. The first kappa shape index (κ1) is 17.6. The van der Waals surface area contributed by atoms with E-state index < -0.39 is 0 Å². The molecular weight excluding hydrogens is 366 g/mol. The van der Waals surface area contributed by atoms with Crippen LogP contribution < -0.4 is 4.74 Å². The molecule has 2 aromatic carbocycles. The molecule has 1 aliphatic heterocycles. The Hall–Kier alpha value is -2.79. The van der Waals surface area contributed by atoms with Gasteiger partial charge in [0.2, 0.25) is 5.89 Å². The van der Waals surface area contributed by atoms with E-state index in [1.165, 1.54) is 0 Å². The van der Waals surface area contributed by atoms with E-state index in [9.17, 15) is 4.79 Å². The fraction of sp³-hybridized carbons (Fsp3) is 0.238. The van der Waals surface area contributed by atoms with Crippen LogP contribution >= 0.6 is 11.6 Å². The Balaban J connectivity index is 1.41. The van der Waals surface area contributed by atoms with Crippen LogP contribution in [0.5, 0.6) is 5.75 Å². The second-order valence-electron chi connectivity index (χ2n) is 6.46. The lowest BCUT2D eigenvalue weighted by molar-refractivity contribution is -0.151. The summed E-state index contributed by atoms with van der Waals surface area (Å²) in [6.45, 7) is 2.17. The first-order valence-electron chi connectivity index (χ1n) is 8.70. The van der Waals surface area contributed by atoms with Gasteiger partial charge in [0.25, 0.3) is 0 Å². The Morgan fingerprint density at radius 2 is 2.07 bits per heavy atom. The highest BCUT2D eigenvalue weighted by atomic mass is 35.5. The molecule has 138 valence electrons. The number of carbonyl (C=O) groups is 1. The average molecular weight is 384 g/mol. The molecule has 2 heterocycles. The van der Waals surface area contributed by atoms with Crippen LogP contribution in [0.15, 0.2) is 52.9 Å². The summed E-state index contributed by atoms with van der Waals surface area (Å²) in [7, 11) is 0. The van der Waals surface area contributed by atoms with E-state index >= 15 is 0 Å². The highest BCUT2D eigenvalue weighted by molar-refractivity contribution is 6.30. The number of fused-ring (bicyclic) bond motifs is 1. The number of rotatable bonds is 4. The van der Waals surface area contributed by atoms with Gasteiger partial charge in [-0.1, -0.05) is 29.8 Å². The number of hydrogen-bond donors (Lipinski definition) is 0. The van der Waals surface area contributed by atoms with Crippen molar-refractivity contribution in [2.45, 2.75) is 20.0 Å². The molecule has 6 heteroatoms. The molecule has 0 spiro atoms. The number of esters is 1. The molecule has 1 atom stereocenters. The number of ether oxygens (including phenoxy) is 2. The molecule has 4 rings (SSSR count). The Labute approximate surface area is 161 Å². The zero-order valence-corrected chi connectivity index (χ0v) is 15.5. The third-order valence-electron chi connectivity index (χ3n) is 4.53. The van der Waals surface area contributed by atoms with E-state index in [2.05, 4.69) is 4.98 Å². The van der Waals surface area contributed by atoms with Crippen molar-refractivity contribution in [1.82, 2.24) is 4.98 Å². The Morgan fingerprint density at radius 3 is 2.89 bits per heavy atom. The third kappa shape index (κ3) is 3.83. The van der Waals surface area contributed by atoms with Crippen molar-refractivity contribution in [1.29, 1.82) is 0 Å². The van der Waals surface area contributed by atoms with E-state index in [0.717, 1.165) is 16.9 Å². The number of benzene rings is 2. The number of nitrogens with zero attached hydrogens (tertiary/aromatic N) is 1. The first-order valence-corrected chi connectivity index (χ1v) is 9.07. The SMILES string of the molecule is Cc1oc(-c2ccccc2)nc1COC(=O)C1COc2ccc(Cl)cc2C1. The van der Waals surface area contributed by atoms with Crippen LogP contribution in [0.4, 0.5) is 0 Å². The summed E-state index contributed by atoms with van der Waals surface area (Å²) >= 11 is 6.02. The lowest BCUT2D eigenvalue weighted by atomic mass is 9.97. The van der Waals surface area contributed by atoms with Gasteiger partial charge in [-0.15, -0.1) is 0 Å². The molecule has 0 bridgehead atoms. The average Bonchev–Trinajstić information content (AvgIpc) is 3.07. The van der Waals surface area contributed by atoms with E-state index in [0.29, 0.717) is 35.4 Å². The van der Waals surface area contributed by atoms with E-state index in [4.69, 9.17) is 25.5 Å². The minimum atomic E-state index is -0.364. The number of halogens is 1. The van der Waals surface area contributed by atoms with E-state index in [1.807, 2.05) is 49.4 Å². The molecule has 0 saturated carbocycles. The van der Waals surface area contributed by atoms with Crippen molar-refractivity contribution < 1.29 is 18.7 Å². The molecular formula is C21H18ClNO4. The van der Waals surface area contributed by atoms with E-state index in [1.54, 1.807) is 6.07 Å². The molecule has 1 unspecified atom stereocenters. The molecule has 0 fully saturated rings. The molecule has 0 amide bonds. The summed E-state index contributed by atoms with van der Waals surface area (Å²) in [5.74, 6) is 1.24. The fourth-order valence-corrected chi connectivity index (χ4v) is 3.23. The van der Waals surface area contributed by atoms with Crippen molar-refractivity contribution in [3.8, 4) is 17.2 Å². The number of hydrogen-bond acceptors (Lipinski definition) is 5. The quantitative estimate of drug-likeness (QED) is 0.616. The molecule has 27 heavy (non-hydrogen) atoms. The van der Waals surface area contributed by atoms with Crippen LogP contribution in [0.2, 0.25) is 5.02 Å². The second kappa shape index (κ2) is 7.45. The maximum absolute atomic E-state index is 12.5. The van der Waals surface area contributed by atoms with Crippen molar-refractivity contribution in [2.24, 2.45) is 5.92 Å². The minimum absolute atomic E-state index is 0.0693. The Bertz CT molecular complexity index is 968. The summed E-state index contributed by atoms with van der Waals surface area (Å²) in [6.07, 6.45) is 0.543. The zero-order chi connectivity index (χ0) is 18.8. The zero-order valence-electron chi connectivity index (χ0n) is 14.8. The van der Waals surface area contributed by atoms with Crippen molar-refractivity contribution in [3.63, 3.8) is 0 Å². The second-order valence-corrected chi connectivity index (χ2v) is 6.90. The maximum Gasteiger partial charge on any atom is 0.313 e. The standard InChI is InChI=1S/C21H18ClNO4/c1-13-18(23-20(27-13)14-5-3-2-4-6-14)12-26-21(24)16-9-15-10-17(22)7-8-19(15)25-11-16/h2-8,10,16H,9,11-12H2,1H3. The lowest BCUT2D eigenvalue weighted by Crippen LogP contribution is -2.29. The van der Waals surface area contributed by atoms with Crippen LogP contribution in [0.25, 0.3) is 11.5 Å². The molecule has 3 aromatic rings. The van der Waals surface area contributed by atoms with Gasteiger partial charge in [0.1, 0.15) is 30.4 Å². The summed E-state index contributed by atoms with van der Waals surface area (Å²) in [5.41, 5.74) is 2.41. The van der Waals surface area contributed by atoms with Crippen LogP contribution in [0.1, 0.15) is 17.0 Å². The largest absolute Gasteiger partial charge is 0.492 e. The minimum Gasteiger partial charge on any atom is -0.492 e. The van der Waals surface area contributed by atoms with Crippen molar-refractivity contribution in [3.05, 3.63) is 70.6 Å². The molecule has 0 aliphatic carbocycles. The van der Waals surface area contributed by atoms with Crippen LogP contribution in [0.3, 0.4) is 0 Å². The van der Waals surface area contributed by atoms with Crippen molar-refractivity contribution in [2.75, 3.05) is 6.61 Å². The fourth-order valence-electron chi connectivity index (χ4n) is 3.04. The topological polar surface area (TPSA) is 61.6 Å². The van der Waals surface area contributed by atoms with Crippen molar-refractivity contribution >= 4 is 17.6 Å². The normalized spacial score (nSPS) is 15.7. The van der Waals surface area contributed by atoms with Crippen LogP contribution in [-0.4, -0.2) is 17.6 Å². The number of aryl methyl sites for hydroxylation is 1. The number of oxazole rings is 1. The molecule has 1 aromatic heterocycles. The van der Waals surface area contributed by atoms with Gasteiger partial charge in [0.15, 0.2) is 0 Å². The summed E-state index contributed by atoms with van der Waals surface area (Å²) < 4.78 is 16.8. The lowest BCUT2D eigenvalue weighted by Gasteiger charge is -2.24. The maximum atomic E-state index is 12.5. The van der Waals surface area contributed by atoms with Gasteiger partial charge in [-0.3, -0.25) is 4.79 Å². The molecule has 0 saturated heterocycles. The Morgan fingerprint density at radius 1 is 1.26 bits per heavy atom. The molecule has 1 aliphatic rings.